The first-order valence-electron chi connectivity index (χ1n) is 6.13. The van der Waals surface area contributed by atoms with E-state index in [1.807, 2.05) is 19.1 Å². The molecule has 1 N–H and O–H groups in total. The fourth-order valence-corrected chi connectivity index (χ4v) is 1.62. The molecule has 0 aliphatic carbocycles. The van der Waals surface area contributed by atoms with Crippen molar-refractivity contribution in [3.05, 3.63) is 34.9 Å². The first kappa shape index (κ1) is 15.5. The molecule has 0 saturated carbocycles. The van der Waals surface area contributed by atoms with Crippen molar-refractivity contribution in [2.75, 3.05) is 0 Å². The highest BCUT2D eigenvalue weighted by molar-refractivity contribution is 6.31. The number of hydrogen-bond donors (Lipinski definition) is 1. The maximum Gasteiger partial charge on any atom is 0.428 e. The summed E-state index contributed by atoms with van der Waals surface area (Å²) < 4.78 is 5.11. The first-order valence-corrected chi connectivity index (χ1v) is 6.51. The van der Waals surface area contributed by atoms with Crippen molar-refractivity contribution in [3.63, 3.8) is 0 Å². The molecule has 0 fully saturated rings. The monoisotopic (exact) mass is 282 g/mol. The third kappa shape index (κ3) is 5.75. The summed E-state index contributed by atoms with van der Waals surface area (Å²) in [5.74, 6) is 0. The van der Waals surface area contributed by atoms with E-state index in [2.05, 4.69) is 10.5 Å². The zero-order chi connectivity index (χ0) is 14.5. The van der Waals surface area contributed by atoms with Gasteiger partial charge in [0.15, 0.2) is 0 Å². The van der Waals surface area contributed by atoms with E-state index in [9.17, 15) is 4.79 Å². The van der Waals surface area contributed by atoms with Crippen molar-refractivity contribution in [3.8, 4) is 0 Å². The van der Waals surface area contributed by atoms with Crippen LogP contribution in [0.25, 0.3) is 0 Å². The Balaban J connectivity index is 2.75. The van der Waals surface area contributed by atoms with Gasteiger partial charge in [0.1, 0.15) is 5.60 Å². The van der Waals surface area contributed by atoms with Gasteiger partial charge in [0.25, 0.3) is 0 Å². The Hall–Kier alpha value is -1.55. The number of carbonyl (C=O) groups excluding carboxylic acids is 1. The van der Waals surface area contributed by atoms with Crippen molar-refractivity contribution in [2.24, 2.45) is 5.10 Å². The summed E-state index contributed by atoms with van der Waals surface area (Å²) in [5, 5.41) is 4.71. The molecule has 0 heterocycles. The number of carbonyl (C=O) groups is 1. The van der Waals surface area contributed by atoms with Crippen LogP contribution in [0.1, 0.15) is 39.7 Å². The van der Waals surface area contributed by atoms with E-state index in [0.29, 0.717) is 11.4 Å². The van der Waals surface area contributed by atoms with Crippen LogP contribution in [0.2, 0.25) is 5.02 Å². The number of hydrazone groups is 1. The first-order chi connectivity index (χ1) is 8.81. The largest absolute Gasteiger partial charge is 0.443 e. The van der Waals surface area contributed by atoms with Crippen LogP contribution in [0.3, 0.4) is 0 Å². The van der Waals surface area contributed by atoms with Crippen LogP contribution in [-0.4, -0.2) is 17.4 Å². The maximum atomic E-state index is 11.5. The molecule has 1 aromatic rings. The molecular formula is C14H19ClN2O2. The van der Waals surface area contributed by atoms with Crippen molar-refractivity contribution in [2.45, 2.75) is 39.7 Å². The smallest absolute Gasteiger partial charge is 0.428 e. The van der Waals surface area contributed by atoms with E-state index in [0.717, 1.165) is 11.3 Å². The highest BCUT2D eigenvalue weighted by Crippen LogP contribution is 2.13. The lowest BCUT2D eigenvalue weighted by Gasteiger charge is -2.18. The zero-order valence-electron chi connectivity index (χ0n) is 11.7. The van der Waals surface area contributed by atoms with Gasteiger partial charge >= 0.3 is 6.09 Å². The molecule has 19 heavy (non-hydrogen) atoms. The lowest BCUT2D eigenvalue weighted by molar-refractivity contribution is 0.0529. The number of benzene rings is 1. The van der Waals surface area contributed by atoms with Crippen molar-refractivity contribution < 1.29 is 9.53 Å². The summed E-state index contributed by atoms with van der Waals surface area (Å²) in [6.07, 6.45) is 0.108. The predicted molar refractivity (Wildman–Crippen MR) is 77.6 cm³/mol. The average Bonchev–Trinajstić information content (AvgIpc) is 2.27. The van der Waals surface area contributed by atoms with Gasteiger partial charge in [0.2, 0.25) is 0 Å². The molecule has 0 saturated heterocycles. The molecule has 0 aliphatic heterocycles. The molecule has 0 radical (unpaired) electrons. The Morgan fingerprint density at radius 2 is 2.11 bits per heavy atom. The normalized spacial score (nSPS) is 12.2. The van der Waals surface area contributed by atoms with Gasteiger partial charge in [-0.3, -0.25) is 0 Å². The zero-order valence-corrected chi connectivity index (χ0v) is 12.4. The summed E-state index contributed by atoms with van der Waals surface area (Å²) in [5.41, 5.74) is 3.48. The minimum absolute atomic E-state index is 0.540. The second-order valence-corrected chi connectivity index (χ2v) is 5.47. The molecule has 4 nitrogen and oxygen atoms in total. The molecule has 0 aromatic heterocycles. The number of rotatable bonds is 3. The molecule has 104 valence electrons. The van der Waals surface area contributed by atoms with E-state index < -0.39 is 11.7 Å². The van der Waals surface area contributed by atoms with Gasteiger partial charge in [-0.05, 0) is 44.9 Å². The van der Waals surface area contributed by atoms with E-state index >= 15 is 0 Å². The van der Waals surface area contributed by atoms with Crippen molar-refractivity contribution in [1.29, 1.82) is 0 Å². The number of halogens is 1. The summed E-state index contributed by atoms with van der Waals surface area (Å²) in [7, 11) is 0. The number of hydrogen-bond acceptors (Lipinski definition) is 3. The molecule has 5 heteroatoms. The fraction of sp³-hybridized carbons (Fsp3) is 0.429. The quantitative estimate of drug-likeness (QED) is 0.673. The molecule has 0 atom stereocenters. The molecule has 1 amide bonds. The Bertz CT molecular complexity index is 479. The van der Waals surface area contributed by atoms with Gasteiger partial charge in [0.05, 0.1) is 5.71 Å². The molecule has 1 rings (SSSR count). The van der Waals surface area contributed by atoms with Crippen LogP contribution in [0, 0.1) is 0 Å². The molecular weight excluding hydrogens is 264 g/mol. The van der Waals surface area contributed by atoms with Crippen LogP contribution in [0.5, 0.6) is 0 Å². The van der Waals surface area contributed by atoms with Crippen molar-refractivity contribution in [1.82, 2.24) is 5.43 Å². The van der Waals surface area contributed by atoms with Gasteiger partial charge in [0, 0.05) is 5.02 Å². The lowest BCUT2D eigenvalue weighted by atomic mass is 10.1. The molecule has 0 unspecified atom stereocenters. The van der Waals surface area contributed by atoms with Gasteiger partial charge in [-0.2, -0.15) is 5.10 Å². The van der Waals surface area contributed by atoms with Crippen LogP contribution in [-0.2, 0) is 4.74 Å². The summed E-state index contributed by atoms with van der Waals surface area (Å²) in [6.45, 7) is 7.35. The molecule has 0 bridgehead atoms. The van der Waals surface area contributed by atoms with Crippen LogP contribution in [0.4, 0.5) is 4.79 Å². The Morgan fingerprint density at radius 3 is 2.63 bits per heavy atom. The van der Waals surface area contributed by atoms with E-state index in [1.54, 1.807) is 32.9 Å². The second-order valence-electron chi connectivity index (χ2n) is 5.04. The van der Waals surface area contributed by atoms with Gasteiger partial charge in [-0.1, -0.05) is 30.7 Å². The highest BCUT2D eigenvalue weighted by atomic mass is 35.5. The van der Waals surface area contributed by atoms with E-state index in [-0.39, 0.29) is 0 Å². The second kappa shape index (κ2) is 6.57. The van der Waals surface area contributed by atoms with Gasteiger partial charge < -0.3 is 4.74 Å². The minimum atomic E-state index is -0.569. The summed E-state index contributed by atoms with van der Waals surface area (Å²) >= 11 is 5.93. The summed E-state index contributed by atoms with van der Waals surface area (Å²) in [6, 6.07) is 7.33. The van der Waals surface area contributed by atoms with E-state index in [4.69, 9.17) is 16.3 Å². The third-order valence-corrected chi connectivity index (χ3v) is 2.41. The Labute approximate surface area is 118 Å². The fourth-order valence-electron chi connectivity index (χ4n) is 1.43. The van der Waals surface area contributed by atoms with Crippen LogP contribution in [0.15, 0.2) is 29.4 Å². The Morgan fingerprint density at radius 1 is 1.42 bits per heavy atom. The van der Waals surface area contributed by atoms with Crippen LogP contribution >= 0.6 is 11.6 Å². The number of amides is 1. The topological polar surface area (TPSA) is 50.7 Å². The van der Waals surface area contributed by atoms with Gasteiger partial charge in [-0.15, -0.1) is 0 Å². The maximum absolute atomic E-state index is 11.5. The highest BCUT2D eigenvalue weighted by Gasteiger charge is 2.15. The predicted octanol–water partition coefficient (Wildman–Crippen LogP) is 3.98. The van der Waals surface area contributed by atoms with Crippen molar-refractivity contribution >= 4 is 23.4 Å². The summed E-state index contributed by atoms with van der Waals surface area (Å²) in [4.78, 5) is 11.5. The molecule has 0 aliphatic rings. The third-order valence-electron chi connectivity index (χ3n) is 2.17. The molecule has 0 spiro atoms. The van der Waals surface area contributed by atoms with E-state index in [1.165, 1.54) is 0 Å². The number of nitrogens with one attached hydrogen (secondary N) is 1. The lowest BCUT2D eigenvalue weighted by Crippen LogP contribution is -2.30. The minimum Gasteiger partial charge on any atom is -0.443 e. The number of nitrogens with zero attached hydrogens (tertiary/aromatic N) is 1. The van der Waals surface area contributed by atoms with Crippen LogP contribution < -0.4 is 5.43 Å². The molecule has 1 aromatic carbocycles. The standard InChI is InChI=1S/C14H19ClN2O2/c1-5-12(10-7-6-8-11(15)9-10)16-17-13(18)19-14(2,3)4/h6-9H,5H2,1-4H3,(H,17,18)/b16-12+. The SMILES string of the molecule is CC/C(=N\NC(=O)OC(C)(C)C)c1cccc(Cl)c1. The number of ether oxygens (including phenoxy) is 1. The van der Waals surface area contributed by atoms with Gasteiger partial charge in [-0.25, -0.2) is 10.2 Å². The average molecular weight is 283 g/mol. The Kier molecular flexibility index (Phi) is 5.36.